The fourth-order valence-corrected chi connectivity index (χ4v) is 2.16. The van der Waals surface area contributed by atoms with Crippen molar-refractivity contribution in [2.45, 2.75) is 11.9 Å². The fourth-order valence-electron chi connectivity index (χ4n) is 2.16. The molecule has 0 amide bonds. The predicted molar refractivity (Wildman–Crippen MR) is 58.1 cm³/mol. The maximum Gasteiger partial charge on any atom is 0.277 e. The van der Waals surface area contributed by atoms with Crippen molar-refractivity contribution in [1.29, 1.82) is 0 Å². The molecule has 0 bridgehead atoms. The predicted octanol–water partition coefficient (Wildman–Crippen LogP) is 1.15. The summed E-state index contributed by atoms with van der Waals surface area (Å²) in [6.07, 6.45) is 2.23. The van der Waals surface area contributed by atoms with Crippen LogP contribution in [0.3, 0.4) is 0 Å². The molecule has 2 unspecified atom stereocenters. The Morgan fingerprint density at radius 1 is 1.29 bits per heavy atom. The zero-order chi connectivity index (χ0) is 12.0. The van der Waals surface area contributed by atoms with Gasteiger partial charge in [-0.2, -0.15) is 0 Å². The second-order valence-corrected chi connectivity index (χ2v) is 3.92. The lowest BCUT2D eigenvalue weighted by atomic mass is 9.94. The van der Waals surface area contributed by atoms with E-state index in [4.69, 9.17) is 18.9 Å². The first-order chi connectivity index (χ1) is 8.19. The van der Waals surface area contributed by atoms with Gasteiger partial charge < -0.3 is 24.1 Å². The molecule has 0 fully saturated rings. The molecular weight excluding hydrogens is 224 g/mol. The summed E-state index contributed by atoms with van der Waals surface area (Å²) in [5, 5.41) is 10.5. The van der Waals surface area contributed by atoms with Crippen molar-refractivity contribution < 1.29 is 24.1 Å². The molecule has 2 atom stereocenters. The van der Waals surface area contributed by atoms with Gasteiger partial charge in [-0.3, -0.25) is 0 Å². The molecule has 1 aromatic carbocycles. The maximum atomic E-state index is 10.5. The third kappa shape index (κ3) is 1.23. The summed E-state index contributed by atoms with van der Waals surface area (Å²) in [4.78, 5) is 0. The Kier molecular flexibility index (Phi) is 2.00. The molecule has 1 N–H and O–H groups in total. The van der Waals surface area contributed by atoms with Gasteiger partial charge in [-0.15, -0.1) is 0 Å². The van der Waals surface area contributed by atoms with Gasteiger partial charge in [-0.05, 0) is 6.08 Å². The fraction of sp³-hybridized carbons (Fsp3) is 0.333. The number of hydrogen-bond donors (Lipinski definition) is 1. The zero-order valence-corrected chi connectivity index (χ0v) is 9.47. The quantitative estimate of drug-likeness (QED) is 0.834. The van der Waals surface area contributed by atoms with E-state index in [2.05, 4.69) is 0 Å². The van der Waals surface area contributed by atoms with Crippen LogP contribution in [0.4, 0.5) is 0 Å². The normalized spacial score (nSPS) is 28.1. The van der Waals surface area contributed by atoms with Gasteiger partial charge >= 0.3 is 0 Å². The molecule has 0 saturated heterocycles. The van der Waals surface area contributed by atoms with Crippen molar-refractivity contribution in [2.24, 2.45) is 0 Å². The molecule has 0 saturated carbocycles. The molecule has 2 aliphatic heterocycles. The number of methoxy groups -OCH3 is 2. The SMILES string of the molecule is COc1cc(OC)c2c(c1)OC1OC=CC21O. The average Bonchev–Trinajstić information content (AvgIpc) is 2.81. The van der Waals surface area contributed by atoms with Gasteiger partial charge in [-0.1, -0.05) is 0 Å². The summed E-state index contributed by atoms with van der Waals surface area (Å²) >= 11 is 0. The van der Waals surface area contributed by atoms with Gasteiger partial charge in [0.2, 0.25) is 0 Å². The molecule has 5 nitrogen and oxygen atoms in total. The van der Waals surface area contributed by atoms with Crippen LogP contribution in [0.1, 0.15) is 5.56 Å². The van der Waals surface area contributed by atoms with E-state index >= 15 is 0 Å². The van der Waals surface area contributed by atoms with E-state index in [1.165, 1.54) is 13.4 Å². The number of hydrogen-bond acceptors (Lipinski definition) is 5. The van der Waals surface area contributed by atoms with Crippen molar-refractivity contribution in [2.75, 3.05) is 14.2 Å². The van der Waals surface area contributed by atoms with Crippen LogP contribution in [0.5, 0.6) is 17.2 Å². The van der Waals surface area contributed by atoms with Crippen LogP contribution in [0.15, 0.2) is 24.5 Å². The molecule has 3 rings (SSSR count). The Morgan fingerprint density at radius 3 is 2.82 bits per heavy atom. The van der Waals surface area contributed by atoms with E-state index in [-0.39, 0.29) is 0 Å². The summed E-state index contributed by atoms with van der Waals surface area (Å²) in [5.41, 5.74) is -0.716. The summed E-state index contributed by atoms with van der Waals surface area (Å²) in [6, 6.07) is 3.40. The lowest BCUT2D eigenvalue weighted by Gasteiger charge is -2.19. The van der Waals surface area contributed by atoms with E-state index in [1.54, 1.807) is 25.3 Å². The molecule has 2 aliphatic rings. The Labute approximate surface area is 98.2 Å². The van der Waals surface area contributed by atoms with Gasteiger partial charge in [0.05, 0.1) is 26.0 Å². The van der Waals surface area contributed by atoms with Crippen LogP contribution in [-0.2, 0) is 10.3 Å². The Morgan fingerprint density at radius 2 is 2.12 bits per heavy atom. The van der Waals surface area contributed by atoms with Crippen molar-refractivity contribution in [3.63, 3.8) is 0 Å². The highest BCUT2D eigenvalue weighted by atomic mass is 16.7. The number of aliphatic hydroxyl groups is 1. The average molecular weight is 236 g/mol. The lowest BCUT2D eigenvalue weighted by Crippen LogP contribution is -2.33. The summed E-state index contributed by atoms with van der Waals surface area (Å²) < 4.78 is 21.1. The molecule has 0 aliphatic carbocycles. The Balaban J connectivity index is 2.20. The highest BCUT2D eigenvalue weighted by Crippen LogP contribution is 2.51. The number of fused-ring (bicyclic) bond motifs is 3. The highest BCUT2D eigenvalue weighted by molar-refractivity contribution is 5.58. The first-order valence-electron chi connectivity index (χ1n) is 5.17. The minimum Gasteiger partial charge on any atom is -0.496 e. The minimum atomic E-state index is -1.28. The lowest BCUT2D eigenvalue weighted by molar-refractivity contribution is -0.110. The van der Waals surface area contributed by atoms with E-state index in [0.29, 0.717) is 22.8 Å². The molecule has 0 radical (unpaired) electrons. The second kappa shape index (κ2) is 3.30. The van der Waals surface area contributed by atoms with Gasteiger partial charge in [0.15, 0.2) is 5.60 Å². The molecule has 0 aromatic heterocycles. The van der Waals surface area contributed by atoms with Crippen LogP contribution in [-0.4, -0.2) is 25.6 Å². The van der Waals surface area contributed by atoms with Gasteiger partial charge in [0, 0.05) is 12.1 Å². The van der Waals surface area contributed by atoms with Crippen LogP contribution in [0.25, 0.3) is 0 Å². The van der Waals surface area contributed by atoms with Crippen molar-refractivity contribution in [1.82, 2.24) is 0 Å². The zero-order valence-electron chi connectivity index (χ0n) is 9.47. The van der Waals surface area contributed by atoms with Crippen LogP contribution in [0, 0.1) is 0 Å². The third-order valence-corrected chi connectivity index (χ3v) is 3.01. The third-order valence-electron chi connectivity index (χ3n) is 3.01. The standard InChI is InChI=1S/C12H12O5/c1-14-7-5-8(15-2)10-9(6-7)17-11-12(10,13)3-4-16-11/h3-6,11,13H,1-2H3. The molecule has 2 heterocycles. The first kappa shape index (κ1) is 10.3. The molecule has 90 valence electrons. The topological polar surface area (TPSA) is 57.2 Å². The van der Waals surface area contributed by atoms with Gasteiger partial charge in [0.1, 0.15) is 17.2 Å². The molecular formula is C12H12O5. The first-order valence-corrected chi connectivity index (χ1v) is 5.17. The molecule has 5 heteroatoms. The van der Waals surface area contributed by atoms with Crippen LogP contribution >= 0.6 is 0 Å². The monoisotopic (exact) mass is 236 g/mol. The van der Waals surface area contributed by atoms with E-state index in [0.717, 1.165) is 0 Å². The largest absolute Gasteiger partial charge is 0.496 e. The van der Waals surface area contributed by atoms with Gasteiger partial charge in [-0.25, -0.2) is 0 Å². The van der Waals surface area contributed by atoms with E-state index in [9.17, 15) is 5.11 Å². The van der Waals surface area contributed by atoms with Crippen molar-refractivity contribution in [3.8, 4) is 17.2 Å². The number of ether oxygens (including phenoxy) is 4. The van der Waals surface area contributed by atoms with Crippen molar-refractivity contribution >= 4 is 0 Å². The van der Waals surface area contributed by atoms with E-state index < -0.39 is 11.9 Å². The Hall–Kier alpha value is -1.88. The highest BCUT2D eigenvalue weighted by Gasteiger charge is 2.52. The van der Waals surface area contributed by atoms with E-state index in [1.807, 2.05) is 0 Å². The van der Waals surface area contributed by atoms with Crippen LogP contribution in [0.2, 0.25) is 0 Å². The molecule has 17 heavy (non-hydrogen) atoms. The summed E-state index contributed by atoms with van der Waals surface area (Å²) in [5.74, 6) is 1.63. The smallest absolute Gasteiger partial charge is 0.277 e. The molecule has 1 aromatic rings. The number of rotatable bonds is 2. The maximum absolute atomic E-state index is 10.5. The minimum absolute atomic E-state index is 0.512. The van der Waals surface area contributed by atoms with Gasteiger partial charge in [0.25, 0.3) is 6.29 Å². The van der Waals surface area contributed by atoms with Crippen LogP contribution < -0.4 is 14.2 Å². The summed E-state index contributed by atoms with van der Waals surface area (Å²) in [7, 11) is 3.09. The summed E-state index contributed by atoms with van der Waals surface area (Å²) in [6.45, 7) is 0. The number of benzene rings is 1. The Bertz CT molecular complexity index is 496. The van der Waals surface area contributed by atoms with Crippen molar-refractivity contribution in [3.05, 3.63) is 30.0 Å². The second-order valence-electron chi connectivity index (χ2n) is 3.92. The molecule has 0 spiro atoms.